The van der Waals surface area contributed by atoms with Crippen LogP contribution in [0.2, 0.25) is 5.02 Å². The van der Waals surface area contributed by atoms with Gasteiger partial charge in [-0.2, -0.15) is 0 Å². The number of carbonyl (C=O) groups is 1. The van der Waals surface area contributed by atoms with Gasteiger partial charge in [0, 0.05) is 31.2 Å². The van der Waals surface area contributed by atoms with Crippen molar-refractivity contribution in [2.75, 3.05) is 26.3 Å². The molecule has 4 nitrogen and oxygen atoms in total. The zero-order chi connectivity index (χ0) is 18.0. The molecule has 1 aliphatic carbocycles. The van der Waals surface area contributed by atoms with Crippen LogP contribution in [0, 0.1) is 5.92 Å². The SMILES string of the molecule is O=C1NCN(Cc2ccc(Cl)cc2)C12CCN(CC1CCCCC1)CC2. The molecule has 3 fully saturated rings. The van der Waals surface area contributed by atoms with E-state index in [2.05, 4.69) is 27.2 Å². The van der Waals surface area contributed by atoms with E-state index in [1.807, 2.05) is 12.1 Å². The molecule has 1 aromatic carbocycles. The van der Waals surface area contributed by atoms with Gasteiger partial charge in [0.1, 0.15) is 5.54 Å². The van der Waals surface area contributed by atoms with Gasteiger partial charge < -0.3 is 10.2 Å². The van der Waals surface area contributed by atoms with E-state index in [4.69, 9.17) is 11.6 Å². The highest BCUT2D eigenvalue weighted by atomic mass is 35.5. The third-order valence-electron chi connectivity index (χ3n) is 6.67. The topological polar surface area (TPSA) is 35.6 Å². The number of rotatable bonds is 4. The maximum Gasteiger partial charge on any atom is 0.241 e. The zero-order valence-electron chi connectivity index (χ0n) is 15.6. The van der Waals surface area contributed by atoms with Gasteiger partial charge in [0.15, 0.2) is 0 Å². The fourth-order valence-electron chi connectivity index (χ4n) is 5.03. The number of hydrogen-bond acceptors (Lipinski definition) is 3. The number of hydrogen-bond donors (Lipinski definition) is 1. The number of nitrogens with one attached hydrogen (secondary N) is 1. The highest BCUT2D eigenvalue weighted by molar-refractivity contribution is 6.30. The van der Waals surface area contributed by atoms with Gasteiger partial charge in [0.05, 0.1) is 6.67 Å². The molecule has 0 unspecified atom stereocenters. The molecule has 142 valence electrons. The van der Waals surface area contributed by atoms with Gasteiger partial charge in [-0.05, 0) is 49.3 Å². The number of nitrogens with zero attached hydrogens (tertiary/aromatic N) is 2. The smallest absolute Gasteiger partial charge is 0.241 e. The van der Waals surface area contributed by atoms with Crippen molar-refractivity contribution in [1.29, 1.82) is 0 Å². The summed E-state index contributed by atoms with van der Waals surface area (Å²) in [6.45, 7) is 4.78. The van der Waals surface area contributed by atoms with Crippen LogP contribution in [-0.4, -0.2) is 47.5 Å². The number of halogens is 1. The third kappa shape index (κ3) is 3.78. The molecule has 0 aromatic heterocycles. The maximum atomic E-state index is 12.7. The van der Waals surface area contributed by atoms with Crippen LogP contribution < -0.4 is 5.32 Å². The van der Waals surface area contributed by atoms with Crippen LogP contribution in [0.1, 0.15) is 50.5 Å². The second-order valence-electron chi connectivity index (χ2n) is 8.32. The Balaban J connectivity index is 1.38. The summed E-state index contributed by atoms with van der Waals surface area (Å²) in [5.74, 6) is 1.10. The minimum Gasteiger partial charge on any atom is -0.342 e. The van der Waals surface area contributed by atoms with E-state index < -0.39 is 0 Å². The van der Waals surface area contributed by atoms with Crippen LogP contribution in [0.3, 0.4) is 0 Å². The molecule has 1 spiro atoms. The van der Waals surface area contributed by atoms with E-state index in [1.54, 1.807) is 0 Å². The van der Waals surface area contributed by atoms with Crippen molar-refractivity contribution in [1.82, 2.24) is 15.1 Å². The van der Waals surface area contributed by atoms with Crippen molar-refractivity contribution in [3.8, 4) is 0 Å². The van der Waals surface area contributed by atoms with Gasteiger partial charge in [-0.15, -0.1) is 0 Å². The lowest BCUT2D eigenvalue weighted by molar-refractivity contribution is -0.129. The molecule has 1 saturated carbocycles. The molecule has 0 bridgehead atoms. The second kappa shape index (κ2) is 7.87. The number of benzene rings is 1. The van der Waals surface area contributed by atoms with Crippen LogP contribution in [-0.2, 0) is 11.3 Å². The fourth-order valence-corrected chi connectivity index (χ4v) is 5.15. The highest BCUT2D eigenvalue weighted by Gasteiger charge is 2.49. The zero-order valence-corrected chi connectivity index (χ0v) is 16.3. The number of likely N-dealkylation sites (tertiary alicyclic amines) is 1. The van der Waals surface area contributed by atoms with Crippen LogP contribution >= 0.6 is 11.6 Å². The summed E-state index contributed by atoms with van der Waals surface area (Å²) < 4.78 is 0. The Bertz CT molecular complexity index is 619. The van der Waals surface area contributed by atoms with Crippen LogP contribution in [0.15, 0.2) is 24.3 Å². The van der Waals surface area contributed by atoms with Crippen molar-refractivity contribution in [2.24, 2.45) is 5.92 Å². The molecule has 1 aromatic rings. The quantitative estimate of drug-likeness (QED) is 0.872. The molecule has 1 N–H and O–H groups in total. The number of amides is 1. The molecule has 3 aliphatic rings. The Morgan fingerprint density at radius 3 is 2.46 bits per heavy atom. The lowest BCUT2D eigenvalue weighted by atomic mass is 9.84. The predicted octanol–water partition coefficient (Wildman–Crippen LogP) is 3.64. The van der Waals surface area contributed by atoms with Gasteiger partial charge in [0.25, 0.3) is 0 Å². The normalized spacial score (nSPS) is 24.9. The molecule has 2 aliphatic heterocycles. The Labute approximate surface area is 161 Å². The predicted molar refractivity (Wildman–Crippen MR) is 105 cm³/mol. The molecule has 26 heavy (non-hydrogen) atoms. The molecule has 2 saturated heterocycles. The largest absolute Gasteiger partial charge is 0.342 e. The van der Waals surface area contributed by atoms with E-state index >= 15 is 0 Å². The molecular formula is C21H30ClN3O. The first kappa shape index (κ1) is 18.3. The second-order valence-corrected chi connectivity index (χ2v) is 8.76. The molecule has 4 rings (SSSR count). The lowest BCUT2D eigenvalue weighted by Gasteiger charge is -2.43. The van der Waals surface area contributed by atoms with E-state index in [1.165, 1.54) is 44.2 Å². The van der Waals surface area contributed by atoms with E-state index in [9.17, 15) is 4.79 Å². The highest BCUT2D eigenvalue weighted by Crippen LogP contribution is 2.35. The molecule has 0 atom stereocenters. The van der Waals surface area contributed by atoms with Crippen LogP contribution in [0.4, 0.5) is 0 Å². The summed E-state index contributed by atoms with van der Waals surface area (Å²) in [6.07, 6.45) is 8.90. The summed E-state index contributed by atoms with van der Waals surface area (Å²) in [6, 6.07) is 8.00. The number of carbonyl (C=O) groups excluding carboxylic acids is 1. The first-order valence-corrected chi connectivity index (χ1v) is 10.5. The minimum atomic E-state index is -0.317. The average molecular weight is 376 g/mol. The van der Waals surface area contributed by atoms with Gasteiger partial charge in [-0.3, -0.25) is 9.69 Å². The van der Waals surface area contributed by atoms with Gasteiger partial charge in [-0.1, -0.05) is 43.0 Å². The van der Waals surface area contributed by atoms with Gasteiger partial charge in [0.2, 0.25) is 5.91 Å². The monoisotopic (exact) mass is 375 g/mol. The van der Waals surface area contributed by atoms with Gasteiger partial charge >= 0.3 is 0 Å². The molecule has 1 amide bonds. The Hall–Kier alpha value is -1.10. The van der Waals surface area contributed by atoms with Gasteiger partial charge in [-0.25, -0.2) is 0 Å². The molecular weight excluding hydrogens is 346 g/mol. The summed E-state index contributed by atoms with van der Waals surface area (Å²) in [5, 5.41) is 3.86. The first-order chi connectivity index (χ1) is 12.7. The third-order valence-corrected chi connectivity index (χ3v) is 6.92. The molecule has 2 heterocycles. The van der Waals surface area contributed by atoms with Crippen LogP contribution in [0.25, 0.3) is 0 Å². The van der Waals surface area contributed by atoms with E-state index in [0.717, 1.165) is 43.4 Å². The first-order valence-electron chi connectivity index (χ1n) is 10.2. The Morgan fingerprint density at radius 2 is 1.77 bits per heavy atom. The summed E-state index contributed by atoms with van der Waals surface area (Å²) in [5.41, 5.74) is 0.901. The minimum absolute atomic E-state index is 0.226. The standard InChI is InChI=1S/C21H30ClN3O/c22-19-8-6-18(7-9-19)15-25-16-23-20(26)21(25)10-12-24(13-11-21)14-17-4-2-1-3-5-17/h6-9,17H,1-5,10-16H2,(H,23,26). The van der Waals surface area contributed by atoms with E-state index in [-0.39, 0.29) is 11.4 Å². The maximum absolute atomic E-state index is 12.7. The van der Waals surface area contributed by atoms with Crippen molar-refractivity contribution < 1.29 is 4.79 Å². The van der Waals surface area contributed by atoms with Crippen molar-refractivity contribution in [3.63, 3.8) is 0 Å². The molecule has 0 radical (unpaired) electrons. The average Bonchev–Trinajstić information content (AvgIpc) is 2.96. The summed E-state index contributed by atoms with van der Waals surface area (Å²) >= 11 is 6.00. The fraction of sp³-hybridized carbons (Fsp3) is 0.667. The lowest BCUT2D eigenvalue weighted by Crippen LogP contribution is -2.56. The Morgan fingerprint density at radius 1 is 1.08 bits per heavy atom. The summed E-state index contributed by atoms with van der Waals surface area (Å²) in [4.78, 5) is 17.7. The Kier molecular flexibility index (Phi) is 5.53. The van der Waals surface area contributed by atoms with Crippen molar-refractivity contribution >= 4 is 17.5 Å². The van der Waals surface area contributed by atoms with Crippen molar-refractivity contribution in [2.45, 2.75) is 57.0 Å². The van der Waals surface area contributed by atoms with Crippen molar-refractivity contribution in [3.05, 3.63) is 34.9 Å². The van der Waals surface area contributed by atoms with E-state index in [0.29, 0.717) is 6.67 Å². The number of piperidine rings is 1. The summed E-state index contributed by atoms with van der Waals surface area (Å²) in [7, 11) is 0. The van der Waals surface area contributed by atoms with Crippen LogP contribution in [0.5, 0.6) is 0 Å². The molecule has 5 heteroatoms.